The van der Waals surface area contributed by atoms with Gasteiger partial charge in [-0.3, -0.25) is 0 Å². The molecule has 0 radical (unpaired) electrons. The number of aryl methyl sites for hydroxylation is 1. The molecule has 0 amide bonds. The molecule has 0 saturated carbocycles. The summed E-state index contributed by atoms with van der Waals surface area (Å²) >= 11 is 3.51. The third-order valence-electron chi connectivity index (χ3n) is 3.59. The van der Waals surface area contributed by atoms with E-state index in [1.54, 1.807) is 14.2 Å². The van der Waals surface area contributed by atoms with Crippen LogP contribution in [0.2, 0.25) is 0 Å². The maximum atomic E-state index is 5.53. The van der Waals surface area contributed by atoms with Crippen LogP contribution in [-0.4, -0.2) is 21.3 Å². The van der Waals surface area contributed by atoms with Crippen molar-refractivity contribution in [3.05, 3.63) is 57.6 Å². The van der Waals surface area contributed by atoms with Crippen LogP contribution in [-0.2, 0) is 0 Å². The fourth-order valence-electron chi connectivity index (χ4n) is 2.58. The van der Waals surface area contributed by atoms with E-state index in [1.165, 1.54) is 11.1 Å². The Bertz CT molecular complexity index is 606. The molecule has 112 valence electrons. The Kier molecular flexibility index (Phi) is 5.26. The maximum Gasteiger partial charge on any atom is 0.127 e. The van der Waals surface area contributed by atoms with Gasteiger partial charge in [-0.05, 0) is 49.4 Å². The predicted octanol–water partition coefficient (Wildman–Crippen LogP) is 4.08. The summed E-state index contributed by atoms with van der Waals surface area (Å²) in [7, 11) is 5.30. The molecular weight excluding hydrogens is 330 g/mol. The molecule has 2 aromatic carbocycles. The molecule has 0 aliphatic heterocycles. The lowest BCUT2D eigenvalue weighted by Gasteiger charge is -2.23. The topological polar surface area (TPSA) is 30.5 Å². The first-order valence-electron chi connectivity index (χ1n) is 6.76. The molecule has 0 aromatic heterocycles. The van der Waals surface area contributed by atoms with Crippen LogP contribution in [0.3, 0.4) is 0 Å². The van der Waals surface area contributed by atoms with Gasteiger partial charge in [-0.15, -0.1) is 0 Å². The van der Waals surface area contributed by atoms with E-state index < -0.39 is 0 Å². The summed E-state index contributed by atoms with van der Waals surface area (Å²) in [6.45, 7) is 2.10. The number of nitrogens with one attached hydrogen (secondary N) is 1. The Morgan fingerprint density at radius 1 is 1.05 bits per heavy atom. The third kappa shape index (κ3) is 3.22. The van der Waals surface area contributed by atoms with Crippen LogP contribution >= 0.6 is 15.9 Å². The minimum Gasteiger partial charge on any atom is -0.496 e. The number of hydrogen-bond donors (Lipinski definition) is 1. The van der Waals surface area contributed by atoms with Gasteiger partial charge in [-0.1, -0.05) is 28.1 Å². The average Bonchev–Trinajstić information content (AvgIpc) is 2.49. The molecule has 2 aromatic rings. The Hall–Kier alpha value is -1.52. The monoisotopic (exact) mass is 349 g/mol. The van der Waals surface area contributed by atoms with Gasteiger partial charge in [0.15, 0.2) is 0 Å². The lowest BCUT2D eigenvalue weighted by atomic mass is 9.93. The van der Waals surface area contributed by atoms with Gasteiger partial charge in [0.05, 0.1) is 25.8 Å². The molecule has 0 heterocycles. The molecule has 0 saturated heterocycles. The zero-order valence-electron chi connectivity index (χ0n) is 12.7. The average molecular weight is 350 g/mol. The van der Waals surface area contributed by atoms with Crippen molar-refractivity contribution in [3.8, 4) is 11.5 Å². The standard InChI is InChI=1S/C17H20BrNO2/c1-11-10-12(18)8-9-13(11)17(19-2)16-14(20-3)6-5-7-15(16)21-4/h5-10,17,19H,1-4H3. The van der Waals surface area contributed by atoms with E-state index in [1.807, 2.05) is 25.2 Å². The van der Waals surface area contributed by atoms with Gasteiger partial charge in [0.25, 0.3) is 0 Å². The highest BCUT2D eigenvalue weighted by Crippen LogP contribution is 2.38. The minimum atomic E-state index is 0.00389. The van der Waals surface area contributed by atoms with Gasteiger partial charge in [0.2, 0.25) is 0 Å². The second-order valence-electron chi connectivity index (χ2n) is 4.80. The number of rotatable bonds is 5. The molecule has 0 aliphatic rings. The van der Waals surface area contributed by atoms with Crippen LogP contribution in [0.25, 0.3) is 0 Å². The summed E-state index contributed by atoms with van der Waals surface area (Å²) in [6.07, 6.45) is 0. The Morgan fingerprint density at radius 2 is 1.67 bits per heavy atom. The number of halogens is 1. The van der Waals surface area contributed by atoms with Crippen molar-refractivity contribution < 1.29 is 9.47 Å². The fraction of sp³-hybridized carbons (Fsp3) is 0.294. The molecule has 0 bridgehead atoms. The summed E-state index contributed by atoms with van der Waals surface area (Å²) < 4.78 is 12.1. The lowest BCUT2D eigenvalue weighted by Crippen LogP contribution is -2.20. The second kappa shape index (κ2) is 6.96. The molecule has 0 aliphatic carbocycles. The summed E-state index contributed by atoms with van der Waals surface area (Å²) in [5, 5.41) is 3.37. The third-order valence-corrected chi connectivity index (χ3v) is 4.08. The molecular formula is C17H20BrNO2. The first kappa shape index (κ1) is 15.9. The fourth-order valence-corrected chi connectivity index (χ4v) is 3.06. The van der Waals surface area contributed by atoms with Crippen molar-refractivity contribution >= 4 is 15.9 Å². The van der Waals surface area contributed by atoms with Crippen LogP contribution in [0.1, 0.15) is 22.7 Å². The van der Waals surface area contributed by atoms with Gasteiger partial charge >= 0.3 is 0 Å². The molecule has 0 spiro atoms. The largest absolute Gasteiger partial charge is 0.496 e. The molecule has 1 unspecified atom stereocenters. The van der Waals surface area contributed by atoms with Gasteiger partial charge in [-0.2, -0.15) is 0 Å². The van der Waals surface area contributed by atoms with Crippen molar-refractivity contribution in [1.82, 2.24) is 5.32 Å². The van der Waals surface area contributed by atoms with Crippen molar-refractivity contribution in [2.45, 2.75) is 13.0 Å². The van der Waals surface area contributed by atoms with Crippen molar-refractivity contribution in [3.63, 3.8) is 0 Å². The zero-order valence-corrected chi connectivity index (χ0v) is 14.3. The zero-order chi connectivity index (χ0) is 15.4. The van der Waals surface area contributed by atoms with E-state index in [-0.39, 0.29) is 6.04 Å². The van der Waals surface area contributed by atoms with Crippen molar-refractivity contribution in [2.75, 3.05) is 21.3 Å². The highest BCUT2D eigenvalue weighted by atomic mass is 79.9. The summed E-state index contributed by atoms with van der Waals surface area (Å²) in [4.78, 5) is 0. The quantitative estimate of drug-likeness (QED) is 0.881. The Balaban J connectivity index is 2.61. The van der Waals surface area contributed by atoms with E-state index in [0.29, 0.717) is 0 Å². The minimum absolute atomic E-state index is 0.00389. The van der Waals surface area contributed by atoms with E-state index in [9.17, 15) is 0 Å². The highest BCUT2D eigenvalue weighted by Gasteiger charge is 2.22. The van der Waals surface area contributed by atoms with Gasteiger partial charge < -0.3 is 14.8 Å². The molecule has 4 heteroatoms. The Morgan fingerprint density at radius 3 is 2.14 bits per heavy atom. The maximum absolute atomic E-state index is 5.53. The smallest absolute Gasteiger partial charge is 0.127 e. The molecule has 3 nitrogen and oxygen atoms in total. The number of ether oxygens (including phenoxy) is 2. The molecule has 21 heavy (non-hydrogen) atoms. The number of benzene rings is 2. The van der Waals surface area contributed by atoms with Crippen LogP contribution in [0.15, 0.2) is 40.9 Å². The van der Waals surface area contributed by atoms with Crippen LogP contribution in [0.4, 0.5) is 0 Å². The second-order valence-corrected chi connectivity index (χ2v) is 5.71. The van der Waals surface area contributed by atoms with Gasteiger partial charge in [0.1, 0.15) is 11.5 Å². The van der Waals surface area contributed by atoms with Crippen LogP contribution in [0, 0.1) is 6.92 Å². The summed E-state index contributed by atoms with van der Waals surface area (Å²) in [6, 6.07) is 12.1. The van der Waals surface area contributed by atoms with Crippen molar-refractivity contribution in [1.29, 1.82) is 0 Å². The normalized spacial score (nSPS) is 12.0. The molecule has 1 atom stereocenters. The Labute approximate surface area is 134 Å². The molecule has 1 N–H and O–H groups in total. The lowest BCUT2D eigenvalue weighted by molar-refractivity contribution is 0.378. The highest BCUT2D eigenvalue weighted by molar-refractivity contribution is 9.10. The number of methoxy groups -OCH3 is 2. The first-order valence-corrected chi connectivity index (χ1v) is 7.55. The summed E-state index contributed by atoms with van der Waals surface area (Å²) in [5.41, 5.74) is 3.41. The van der Waals surface area contributed by atoms with Crippen LogP contribution < -0.4 is 14.8 Å². The van der Waals surface area contributed by atoms with E-state index in [4.69, 9.17) is 9.47 Å². The molecule has 2 rings (SSSR count). The van der Waals surface area contributed by atoms with Crippen LogP contribution in [0.5, 0.6) is 11.5 Å². The SMILES string of the molecule is CNC(c1ccc(Br)cc1C)c1c(OC)cccc1OC. The van der Waals surface area contributed by atoms with E-state index >= 15 is 0 Å². The molecule has 0 fully saturated rings. The predicted molar refractivity (Wildman–Crippen MR) is 89.3 cm³/mol. The van der Waals surface area contributed by atoms with Gasteiger partial charge in [0, 0.05) is 4.47 Å². The van der Waals surface area contributed by atoms with E-state index in [2.05, 4.69) is 46.4 Å². The number of hydrogen-bond acceptors (Lipinski definition) is 3. The first-order chi connectivity index (χ1) is 10.1. The van der Waals surface area contributed by atoms with E-state index in [0.717, 1.165) is 21.5 Å². The summed E-state index contributed by atoms with van der Waals surface area (Å²) in [5.74, 6) is 1.63. The van der Waals surface area contributed by atoms with Crippen molar-refractivity contribution in [2.24, 2.45) is 0 Å². The van der Waals surface area contributed by atoms with Gasteiger partial charge in [-0.25, -0.2) is 0 Å².